The summed E-state index contributed by atoms with van der Waals surface area (Å²) >= 11 is 0. The van der Waals surface area contributed by atoms with Crippen molar-refractivity contribution in [1.82, 2.24) is 4.90 Å². The van der Waals surface area contributed by atoms with Gasteiger partial charge in [0.15, 0.2) is 11.6 Å². The minimum absolute atomic E-state index is 0.0143. The van der Waals surface area contributed by atoms with Crippen LogP contribution in [0.2, 0.25) is 0 Å². The van der Waals surface area contributed by atoms with Crippen LogP contribution in [0.5, 0.6) is 5.75 Å². The third kappa shape index (κ3) is 5.12. The van der Waals surface area contributed by atoms with Gasteiger partial charge >= 0.3 is 0 Å². The molecule has 6 nitrogen and oxygen atoms in total. The van der Waals surface area contributed by atoms with Crippen molar-refractivity contribution in [2.45, 2.75) is 38.8 Å². The topological polar surface area (TPSA) is 90.2 Å². The lowest BCUT2D eigenvalue weighted by atomic mass is 9.74. The van der Waals surface area contributed by atoms with E-state index in [4.69, 9.17) is 14.6 Å². The number of hydrogen-bond donors (Lipinski definition) is 3. The largest absolute Gasteiger partial charge is 0.494 e. The summed E-state index contributed by atoms with van der Waals surface area (Å²) in [4.78, 5) is 10.2. The van der Waals surface area contributed by atoms with E-state index in [9.17, 15) is 19.0 Å². The van der Waals surface area contributed by atoms with Gasteiger partial charge in [0.1, 0.15) is 5.82 Å². The van der Waals surface area contributed by atoms with E-state index in [1.54, 1.807) is 0 Å². The van der Waals surface area contributed by atoms with Gasteiger partial charge in [0, 0.05) is 30.6 Å². The molecule has 0 aliphatic carbocycles. The zero-order chi connectivity index (χ0) is 19.7. The zero-order valence-electron chi connectivity index (χ0n) is 15.1. The van der Waals surface area contributed by atoms with Gasteiger partial charge in [0.2, 0.25) is 0 Å². The van der Waals surface area contributed by atoms with Crippen molar-refractivity contribution in [1.29, 1.82) is 0 Å². The lowest BCUT2D eigenvalue weighted by Crippen LogP contribution is -2.53. The second kappa shape index (κ2) is 10.4. The smallest absolute Gasteiger partial charge is 0.290 e. The summed E-state index contributed by atoms with van der Waals surface area (Å²) in [6.07, 6.45) is 1.38. The predicted molar refractivity (Wildman–Crippen MR) is 91.9 cm³/mol. The summed E-state index contributed by atoms with van der Waals surface area (Å²) in [6.45, 7) is 2.64. The van der Waals surface area contributed by atoms with E-state index in [0.717, 1.165) is 6.42 Å². The fourth-order valence-electron chi connectivity index (χ4n) is 3.46. The molecule has 148 valence electrons. The molecule has 1 aromatic carbocycles. The minimum atomic E-state index is -0.691. The highest BCUT2D eigenvalue weighted by atomic mass is 19.1. The van der Waals surface area contributed by atoms with E-state index >= 15 is 0 Å². The zero-order valence-corrected chi connectivity index (χ0v) is 15.1. The molecule has 0 bridgehead atoms. The van der Waals surface area contributed by atoms with Gasteiger partial charge in [-0.25, -0.2) is 8.78 Å². The second-order valence-corrected chi connectivity index (χ2v) is 6.43. The standard InChI is InChI=1S/C17H25F2NO3.CH2O2/c1-3-7-17(11-21)10-20(8-6-15(17)22)9-12-13(18)4-5-14(23-2)16(12)19;2-1-3/h4-5,15,21-22H,3,6-11H2,1-2H3;1H,(H,2,3)/t15-,17+;/m1./s1. The fourth-order valence-corrected chi connectivity index (χ4v) is 3.46. The first-order chi connectivity index (χ1) is 12.4. The van der Waals surface area contributed by atoms with Crippen molar-refractivity contribution < 1.29 is 33.6 Å². The first-order valence-corrected chi connectivity index (χ1v) is 8.49. The number of carbonyl (C=O) groups is 1. The number of ether oxygens (including phenoxy) is 1. The van der Waals surface area contributed by atoms with Crippen LogP contribution in [0, 0.1) is 17.0 Å². The molecule has 1 fully saturated rings. The highest BCUT2D eigenvalue weighted by Gasteiger charge is 2.41. The summed E-state index contributed by atoms with van der Waals surface area (Å²) in [5.74, 6) is -1.29. The highest BCUT2D eigenvalue weighted by Crippen LogP contribution is 2.36. The van der Waals surface area contributed by atoms with Gasteiger partial charge in [0.25, 0.3) is 6.47 Å². The van der Waals surface area contributed by atoms with Crippen molar-refractivity contribution in [3.05, 3.63) is 29.3 Å². The molecule has 26 heavy (non-hydrogen) atoms. The van der Waals surface area contributed by atoms with Crippen molar-refractivity contribution in [2.24, 2.45) is 5.41 Å². The number of rotatable bonds is 6. The van der Waals surface area contributed by atoms with E-state index in [1.165, 1.54) is 19.2 Å². The minimum Gasteiger partial charge on any atom is -0.494 e. The number of piperidine rings is 1. The van der Waals surface area contributed by atoms with Crippen LogP contribution >= 0.6 is 0 Å². The molecule has 8 heteroatoms. The van der Waals surface area contributed by atoms with E-state index in [2.05, 4.69) is 0 Å². The van der Waals surface area contributed by atoms with Crippen LogP contribution in [0.15, 0.2) is 12.1 Å². The Balaban J connectivity index is 0.00000105. The number of benzene rings is 1. The summed E-state index contributed by atoms with van der Waals surface area (Å²) < 4.78 is 33.2. The Morgan fingerprint density at radius 3 is 2.62 bits per heavy atom. The summed E-state index contributed by atoms with van der Waals surface area (Å²) in [5.41, 5.74) is -0.664. The molecule has 0 radical (unpaired) electrons. The van der Waals surface area contributed by atoms with Crippen LogP contribution in [0.4, 0.5) is 8.78 Å². The van der Waals surface area contributed by atoms with Crippen LogP contribution in [-0.4, -0.2) is 59.6 Å². The molecule has 3 N–H and O–H groups in total. The van der Waals surface area contributed by atoms with E-state index in [-0.39, 0.29) is 30.9 Å². The monoisotopic (exact) mass is 375 g/mol. The predicted octanol–water partition coefficient (Wildman–Crippen LogP) is 2.02. The third-order valence-corrected chi connectivity index (χ3v) is 4.78. The number of hydrogen-bond acceptors (Lipinski definition) is 5. The number of nitrogens with zero attached hydrogens (tertiary/aromatic N) is 1. The van der Waals surface area contributed by atoms with Crippen molar-refractivity contribution in [3.63, 3.8) is 0 Å². The molecular weight excluding hydrogens is 348 g/mol. The van der Waals surface area contributed by atoms with Crippen LogP contribution in [0.25, 0.3) is 0 Å². The average Bonchev–Trinajstić information content (AvgIpc) is 2.62. The normalized spacial score (nSPS) is 23.1. The molecule has 0 unspecified atom stereocenters. The van der Waals surface area contributed by atoms with Gasteiger partial charge in [-0.1, -0.05) is 13.3 Å². The first kappa shape index (κ1) is 22.3. The maximum atomic E-state index is 14.3. The lowest BCUT2D eigenvalue weighted by molar-refractivity contribution is -0.122. The van der Waals surface area contributed by atoms with Crippen molar-refractivity contribution >= 4 is 6.47 Å². The molecule has 0 aromatic heterocycles. The van der Waals surface area contributed by atoms with Gasteiger partial charge in [-0.2, -0.15) is 0 Å². The number of methoxy groups -OCH3 is 1. The van der Waals surface area contributed by atoms with E-state index in [1.807, 2.05) is 11.8 Å². The van der Waals surface area contributed by atoms with Crippen LogP contribution < -0.4 is 4.74 Å². The van der Waals surface area contributed by atoms with Crippen LogP contribution in [-0.2, 0) is 11.3 Å². The lowest BCUT2D eigenvalue weighted by Gasteiger charge is -2.45. The second-order valence-electron chi connectivity index (χ2n) is 6.43. The maximum Gasteiger partial charge on any atom is 0.290 e. The molecule has 1 aromatic rings. The summed E-state index contributed by atoms with van der Waals surface area (Å²) in [5, 5.41) is 26.9. The Morgan fingerprint density at radius 2 is 2.08 bits per heavy atom. The molecule has 0 saturated carbocycles. The number of aliphatic hydroxyl groups excluding tert-OH is 2. The Labute approximate surface area is 152 Å². The fraction of sp³-hybridized carbons (Fsp3) is 0.611. The molecule has 2 atom stereocenters. The highest BCUT2D eigenvalue weighted by molar-refractivity contribution is 5.33. The molecule has 1 aliphatic rings. The SMILES string of the molecule is CCC[C@@]1(CO)CN(Cc2c(F)ccc(OC)c2F)CC[C@H]1O.O=CO. The molecule has 1 aliphatic heterocycles. The van der Waals surface area contributed by atoms with Crippen molar-refractivity contribution in [2.75, 3.05) is 26.8 Å². The summed E-state index contributed by atoms with van der Waals surface area (Å²) in [6, 6.07) is 2.46. The average molecular weight is 375 g/mol. The number of halogens is 2. The molecule has 0 spiro atoms. The van der Waals surface area contributed by atoms with Gasteiger partial charge in [-0.05, 0) is 25.0 Å². The van der Waals surface area contributed by atoms with Gasteiger partial charge in [-0.15, -0.1) is 0 Å². The van der Waals surface area contributed by atoms with E-state index in [0.29, 0.717) is 25.9 Å². The third-order valence-electron chi connectivity index (χ3n) is 4.78. The molecule has 0 amide bonds. The maximum absolute atomic E-state index is 14.3. The summed E-state index contributed by atoms with van der Waals surface area (Å²) in [7, 11) is 1.34. The Kier molecular flexibility index (Phi) is 8.91. The van der Waals surface area contributed by atoms with Gasteiger partial charge < -0.3 is 20.1 Å². The molecule has 2 rings (SSSR count). The Morgan fingerprint density at radius 1 is 1.42 bits per heavy atom. The van der Waals surface area contributed by atoms with Crippen LogP contribution in [0.3, 0.4) is 0 Å². The molecule has 1 heterocycles. The number of likely N-dealkylation sites (tertiary alicyclic amines) is 1. The molecular formula is C18H27F2NO5. The quantitative estimate of drug-likeness (QED) is 0.659. The van der Waals surface area contributed by atoms with Crippen LogP contribution in [0.1, 0.15) is 31.7 Å². The Hall–Kier alpha value is -1.77. The van der Waals surface area contributed by atoms with Gasteiger partial charge in [0.05, 0.1) is 19.8 Å². The number of aliphatic hydroxyl groups is 2. The first-order valence-electron chi connectivity index (χ1n) is 8.49. The van der Waals surface area contributed by atoms with E-state index < -0.39 is 23.2 Å². The Bertz CT molecular complexity index is 587. The number of carboxylic acid groups (broad SMARTS) is 1. The van der Waals surface area contributed by atoms with Crippen molar-refractivity contribution in [3.8, 4) is 5.75 Å². The van der Waals surface area contributed by atoms with Gasteiger partial charge in [-0.3, -0.25) is 9.69 Å². The molecule has 1 saturated heterocycles.